The molecule has 2 heterocycles. The van der Waals surface area contributed by atoms with Gasteiger partial charge >= 0.3 is 0 Å². The number of nitrogens with one attached hydrogen (secondary N) is 2. The highest BCUT2D eigenvalue weighted by Crippen LogP contribution is 2.17. The van der Waals surface area contributed by atoms with Crippen molar-refractivity contribution in [1.29, 1.82) is 0 Å². The predicted octanol–water partition coefficient (Wildman–Crippen LogP) is 3.06. The SMILES string of the molecule is O=C(CCc1cc(Cl)no1)NCc1cccc2[nH]ccc12. The lowest BCUT2D eigenvalue weighted by molar-refractivity contribution is -0.121. The zero-order chi connectivity index (χ0) is 14.7. The average molecular weight is 304 g/mol. The van der Waals surface area contributed by atoms with Gasteiger partial charge in [-0.05, 0) is 17.7 Å². The van der Waals surface area contributed by atoms with Gasteiger partial charge in [0.15, 0.2) is 5.15 Å². The number of fused-ring (bicyclic) bond motifs is 1. The lowest BCUT2D eigenvalue weighted by Crippen LogP contribution is -2.23. The molecule has 3 aromatic rings. The van der Waals surface area contributed by atoms with Gasteiger partial charge in [-0.15, -0.1) is 0 Å². The molecule has 1 amide bonds. The summed E-state index contributed by atoms with van der Waals surface area (Å²) >= 11 is 5.65. The van der Waals surface area contributed by atoms with E-state index in [2.05, 4.69) is 15.5 Å². The van der Waals surface area contributed by atoms with Crippen molar-refractivity contribution in [2.75, 3.05) is 0 Å². The second-order valence-corrected chi connectivity index (χ2v) is 5.14. The maximum atomic E-state index is 11.9. The van der Waals surface area contributed by atoms with E-state index < -0.39 is 0 Å². The minimum Gasteiger partial charge on any atom is -0.361 e. The van der Waals surface area contributed by atoms with Crippen molar-refractivity contribution in [3.63, 3.8) is 0 Å². The number of H-pyrrole nitrogens is 1. The molecule has 2 N–H and O–H groups in total. The van der Waals surface area contributed by atoms with Crippen molar-refractivity contribution in [1.82, 2.24) is 15.5 Å². The van der Waals surface area contributed by atoms with Gasteiger partial charge in [-0.25, -0.2) is 0 Å². The average Bonchev–Trinajstić information content (AvgIpc) is 3.11. The van der Waals surface area contributed by atoms with Gasteiger partial charge in [0.25, 0.3) is 0 Å². The third-order valence-corrected chi connectivity index (χ3v) is 3.47. The number of benzene rings is 1. The molecular weight excluding hydrogens is 290 g/mol. The number of hydrogen-bond donors (Lipinski definition) is 2. The normalized spacial score (nSPS) is 10.9. The van der Waals surface area contributed by atoms with Crippen LogP contribution in [0, 0.1) is 0 Å². The fourth-order valence-corrected chi connectivity index (χ4v) is 2.39. The van der Waals surface area contributed by atoms with Crippen LogP contribution >= 0.6 is 11.6 Å². The van der Waals surface area contributed by atoms with E-state index in [4.69, 9.17) is 16.1 Å². The number of rotatable bonds is 5. The molecule has 3 rings (SSSR count). The molecule has 6 heteroatoms. The van der Waals surface area contributed by atoms with E-state index in [1.807, 2.05) is 30.5 Å². The Kier molecular flexibility index (Phi) is 3.92. The number of hydrogen-bond acceptors (Lipinski definition) is 3. The number of carbonyl (C=O) groups is 1. The maximum Gasteiger partial charge on any atom is 0.220 e. The molecule has 0 unspecified atom stereocenters. The van der Waals surface area contributed by atoms with Crippen LogP contribution in [0.15, 0.2) is 41.1 Å². The summed E-state index contributed by atoms with van der Waals surface area (Å²) in [7, 11) is 0. The van der Waals surface area contributed by atoms with Crippen molar-refractivity contribution in [2.24, 2.45) is 0 Å². The molecule has 0 atom stereocenters. The molecule has 0 fully saturated rings. The van der Waals surface area contributed by atoms with Crippen LogP contribution in [-0.2, 0) is 17.8 Å². The largest absolute Gasteiger partial charge is 0.361 e. The Hall–Kier alpha value is -2.27. The first kappa shape index (κ1) is 13.7. The Morgan fingerprint density at radius 1 is 1.38 bits per heavy atom. The highest BCUT2D eigenvalue weighted by Gasteiger charge is 2.07. The Balaban J connectivity index is 1.55. The summed E-state index contributed by atoms with van der Waals surface area (Å²) in [6.45, 7) is 0.505. The lowest BCUT2D eigenvalue weighted by Gasteiger charge is -2.06. The highest BCUT2D eigenvalue weighted by molar-refractivity contribution is 6.29. The summed E-state index contributed by atoms with van der Waals surface area (Å²) in [5, 5.41) is 7.92. The van der Waals surface area contributed by atoms with Crippen LogP contribution in [0.25, 0.3) is 10.9 Å². The lowest BCUT2D eigenvalue weighted by atomic mass is 10.1. The molecule has 5 nitrogen and oxygen atoms in total. The third kappa shape index (κ3) is 3.25. The summed E-state index contributed by atoms with van der Waals surface area (Å²) in [6, 6.07) is 9.61. The van der Waals surface area contributed by atoms with E-state index in [-0.39, 0.29) is 5.91 Å². The first-order valence-electron chi connectivity index (χ1n) is 6.65. The summed E-state index contributed by atoms with van der Waals surface area (Å²) in [5.74, 6) is 0.581. The Morgan fingerprint density at radius 3 is 3.10 bits per heavy atom. The Morgan fingerprint density at radius 2 is 2.29 bits per heavy atom. The van der Waals surface area contributed by atoms with Gasteiger partial charge in [0.1, 0.15) is 5.76 Å². The number of aromatic nitrogens is 2. The van der Waals surface area contributed by atoms with Gasteiger partial charge in [0.05, 0.1) is 0 Å². The van der Waals surface area contributed by atoms with E-state index >= 15 is 0 Å². The minimum atomic E-state index is -0.0324. The zero-order valence-corrected chi connectivity index (χ0v) is 12.0. The first-order chi connectivity index (χ1) is 10.2. The van der Waals surface area contributed by atoms with Gasteiger partial charge in [0, 0.05) is 42.6 Å². The van der Waals surface area contributed by atoms with Crippen molar-refractivity contribution >= 4 is 28.4 Å². The topological polar surface area (TPSA) is 70.9 Å². The second kappa shape index (κ2) is 6.01. The van der Waals surface area contributed by atoms with Gasteiger partial charge in [-0.2, -0.15) is 0 Å². The number of aryl methyl sites for hydroxylation is 1. The molecule has 0 saturated heterocycles. The molecule has 0 radical (unpaired) electrons. The van der Waals surface area contributed by atoms with Crippen LogP contribution in [0.2, 0.25) is 5.15 Å². The Labute approximate surface area is 126 Å². The number of halogens is 1. The Bertz CT molecular complexity index is 763. The quantitative estimate of drug-likeness (QED) is 0.761. The van der Waals surface area contributed by atoms with E-state index in [0.717, 1.165) is 16.5 Å². The second-order valence-electron chi connectivity index (χ2n) is 4.75. The molecule has 0 bridgehead atoms. The molecule has 0 aliphatic carbocycles. The highest BCUT2D eigenvalue weighted by atomic mass is 35.5. The molecular formula is C15H14ClN3O2. The monoisotopic (exact) mass is 303 g/mol. The van der Waals surface area contributed by atoms with E-state index in [1.165, 1.54) is 0 Å². The van der Waals surface area contributed by atoms with Gasteiger partial charge in [-0.3, -0.25) is 4.79 Å². The zero-order valence-electron chi connectivity index (χ0n) is 11.2. The number of aromatic amines is 1. The first-order valence-corrected chi connectivity index (χ1v) is 7.03. The van der Waals surface area contributed by atoms with Gasteiger partial charge in [0.2, 0.25) is 5.91 Å². The third-order valence-electron chi connectivity index (χ3n) is 3.29. The molecule has 0 aliphatic heterocycles. The van der Waals surface area contributed by atoms with Crippen LogP contribution in [0.4, 0.5) is 0 Å². The standard InChI is InChI=1S/C15H14ClN3O2/c16-14-8-11(21-19-14)4-5-15(20)18-9-10-2-1-3-13-12(10)6-7-17-13/h1-3,6-8,17H,4-5,9H2,(H,18,20). The van der Waals surface area contributed by atoms with Gasteiger partial charge < -0.3 is 14.8 Å². The number of amides is 1. The minimum absolute atomic E-state index is 0.0324. The molecule has 108 valence electrons. The fourth-order valence-electron chi connectivity index (χ4n) is 2.23. The summed E-state index contributed by atoms with van der Waals surface area (Å²) in [6.07, 6.45) is 2.72. The molecule has 0 saturated carbocycles. The van der Waals surface area contributed by atoms with Crippen molar-refractivity contribution in [2.45, 2.75) is 19.4 Å². The number of carbonyl (C=O) groups excluding carboxylic acids is 1. The van der Waals surface area contributed by atoms with Crippen molar-refractivity contribution in [3.8, 4) is 0 Å². The van der Waals surface area contributed by atoms with Crippen LogP contribution < -0.4 is 5.32 Å². The molecule has 0 aliphatic rings. The van der Waals surface area contributed by atoms with Crippen LogP contribution in [0.1, 0.15) is 17.7 Å². The molecule has 1 aromatic carbocycles. The molecule has 21 heavy (non-hydrogen) atoms. The predicted molar refractivity (Wildman–Crippen MR) is 80.0 cm³/mol. The van der Waals surface area contributed by atoms with Crippen LogP contribution in [0.3, 0.4) is 0 Å². The van der Waals surface area contributed by atoms with E-state index in [1.54, 1.807) is 6.07 Å². The maximum absolute atomic E-state index is 11.9. The summed E-state index contributed by atoms with van der Waals surface area (Å²) < 4.78 is 4.96. The van der Waals surface area contributed by atoms with E-state index in [9.17, 15) is 4.79 Å². The summed E-state index contributed by atoms with van der Waals surface area (Å²) in [5.41, 5.74) is 2.16. The smallest absolute Gasteiger partial charge is 0.220 e. The fraction of sp³-hybridized carbons (Fsp3) is 0.200. The van der Waals surface area contributed by atoms with E-state index in [0.29, 0.717) is 30.3 Å². The van der Waals surface area contributed by atoms with Crippen molar-refractivity contribution in [3.05, 3.63) is 53.0 Å². The summed E-state index contributed by atoms with van der Waals surface area (Å²) in [4.78, 5) is 15.0. The van der Waals surface area contributed by atoms with Crippen LogP contribution in [-0.4, -0.2) is 16.0 Å². The van der Waals surface area contributed by atoms with Gasteiger partial charge in [-0.1, -0.05) is 28.9 Å². The molecule has 2 aromatic heterocycles. The molecule has 0 spiro atoms. The van der Waals surface area contributed by atoms with Crippen LogP contribution in [0.5, 0.6) is 0 Å². The number of nitrogens with zero attached hydrogens (tertiary/aromatic N) is 1. The van der Waals surface area contributed by atoms with Crippen molar-refractivity contribution < 1.29 is 9.32 Å².